The van der Waals surface area contributed by atoms with Crippen molar-refractivity contribution in [3.05, 3.63) is 53.1 Å². The van der Waals surface area contributed by atoms with Crippen LogP contribution < -0.4 is 0 Å². The van der Waals surface area contributed by atoms with Gasteiger partial charge in [-0.1, -0.05) is 24.3 Å². The number of phenolic OH excluding ortho intramolecular Hbond substituents is 1. The number of rotatable bonds is 1. The van der Waals surface area contributed by atoms with Gasteiger partial charge in [-0.3, -0.25) is 4.79 Å². The summed E-state index contributed by atoms with van der Waals surface area (Å²) < 4.78 is 0. The van der Waals surface area contributed by atoms with E-state index in [-0.39, 0.29) is 5.75 Å². The molecular formula is C17H14O2. The lowest BCUT2D eigenvalue weighted by Gasteiger charge is -2.13. The minimum atomic E-state index is 0.0419. The first-order valence-electron chi connectivity index (χ1n) is 6.23. The Bertz CT molecular complexity index is 816. The summed E-state index contributed by atoms with van der Waals surface area (Å²) in [6, 6.07) is 11.7. The van der Waals surface area contributed by atoms with Crippen molar-refractivity contribution in [1.82, 2.24) is 0 Å². The van der Waals surface area contributed by atoms with Crippen molar-refractivity contribution in [2.75, 3.05) is 0 Å². The van der Waals surface area contributed by atoms with Gasteiger partial charge >= 0.3 is 0 Å². The maximum atomic E-state index is 11.0. The second-order valence-electron chi connectivity index (χ2n) is 4.87. The average Bonchev–Trinajstić information content (AvgIpc) is 2.44. The third-order valence-corrected chi connectivity index (χ3v) is 3.84. The molecule has 94 valence electrons. The molecule has 0 saturated carbocycles. The summed E-state index contributed by atoms with van der Waals surface area (Å²) in [5.74, 6) is 0.0419. The van der Waals surface area contributed by atoms with Crippen LogP contribution in [0.5, 0.6) is 5.75 Å². The highest BCUT2D eigenvalue weighted by Gasteiger charge is 2.11. The highest BCUT2D eigenvalue weighted by molar-refractivity contribution is 6.07. The van der Waals surface area contributed by atoms with Crippen molar-refractivity contribution in [2.45, 2.75) is 13.8 Å². The van der Waals surface area contributed by atoms with Gasteiger partial charge in [-0.15, -0.1) is 0 Å². The number of carbonyl (C=O) groups excluding carboxylic acids is 1. The molecule has 0 fully saturated rings. The molecule has 1 N–H and O–H groups in total. The zero-order chi connectivity index (χ0) is 13.6. The van der Waals surface area contributed by atoms with E-state index in [4.69, 9.17) is 0 Å². The van der Waals surface area contributed by atoms with Crippen LogP contribution in [0.15, 0.2) is 36.4 Å². The van der Waals surface area contributed by atoms with Gasteiger partial charge in [0.15, 0.2) is 6.29 Å². The first-order chi connectivity index (χ1) is 9.13. The van der Waals surface area contributed by atoms with Crippen molar-refractivity contribution in [2.24, 2.45) is 0 Å². The van der Waals surface area contributed by atoms with E-state index in [1.165, 1.54) is 10.8 Å². The molecule has 0 atom stereocenters. The molecule has 19 heavy (non-hydrogen) atoms. The van der Waals surface area contributed by atoms with E-state index < -0.39 is 0 Å². The first kappa shape index (κ1) is 11.7. The zero-order valence-electron chi connectivity index (χ0n) is 10.9. The molecule has 0 heterocycles. The molecule has 3 aromatic rings. The molecule has 0 unspecified atom stereocenters. The van der Waals surface area contributed by atoms with Gasteiger partial charge in [0.2, 0.25) is 0 Å². The van der Waals surface area contributed by atoms with Crippen LogP contribution in [-0.4, -0.2) is 11.4 Å². The quantitative estimate of drug-likeness (QED) is 0.521. The molecule has 0 aliphatic heterocycles. The lowest BCUT2D eigenvalue weighted by Crippen LogP contribution is -1.90. The maximum absolute atomic E-state index is 11.0. The molecular weight excluding hydrogens is 236 g/mol. The second kappa shape index (κ2) is 4.09. The van der Waals surface area contributed by atoms with E-state index in [0.717, 1.165) is 21.9 Å². The number of hydrogen-bond acceptors (Lipinski definition) is 2. The van der Waals surface area contributed by atoms with E-state index in [1.807, 2.05) is 19.1 Å². The summed E-state index contributed by atoms with van der Waals surface area (Å²) in [5, 5.41) is 14.3. The number of benzene rings is 3. The lowest BCUT2D eigenvalue weighted by molar-refractivity contribution is 0.112. The van der Waals surface area contributed by atoms with Gasteiger partial charge in [0, 0.05) is 0 Å². The van der Waals surface area contributed by atoms with E-state index in [9.17, 15) is 9.90 Å². The van der Waals surface area contributed by atoms with Gasteiger partial charge in [0.1, 0.15) is 5.75 Å². The summed E-state index contributed by atoms with van der Waals surface area (Å²) in [5.41, 5.74) is 2.61. The average molecular weight is 250 g/mol. The summed E-state index contributed by atoms with van der Waals surface area (Å²) in [6.07, 6.45) is 0.693. The fraction of sp³-hybridized carbons (Fsp3) is 0.118. The minimum absolute atomic E-state index is 0.0419. The Morgan fingerprint density at radius 1 is 0.895 bits per heavy atom. The second-order valence-corrected chi connectivity index (χ2v) is 4.87. The number of aldehydes is 1. The SMILES string of the molecule is Cc1c2ccccc2c(C)c2cc(C=O)c(O)cc12. The number of phenols is 1. The van der Waals surface area contributed by atoms with E-state index in [1.54, 1.807) is 12.1 Å². The minimum Gasteiger partial charge on any atom is -0.507 e. The predicted octanol–water partition coefficient (Wildman–Crippen LogP) is 4.13. The smallest absolute Gasteiger partial charge is 0.153 e. The lowest BCUT2D eigenvalue weighted by atomic mass is 9.92. The molecule has 0 saturated heterocycles. The van der Waals surface area contributed by atoms with E-state index >= 15 is 0 Å². The van der Waals surface area contributed by atoms with Gasteiger partial charge in [0.25, 0.3) is 0 Å². The largest absolute Gasteiger partial charge is 0.507 e. The summed E-state index contributed by atoms with van der Waals surface area (Å²) in [4.78, 5) is 11.0. The normalized spacial score (nSPS) is 11.1. The van der Waals surface area contributed by atoms with Crippen molar-refractivity contribution in [1.29, 1.82) is 0 Å². The molecule has 0 spiro atoms. The Labute approximate surface area is 111 Å². The van der Waals surface area contributed by atoms with Crippen LogP contribution in [0.25, 0.3) is 21.5 Å². The molecule has 0 radical (unpaired) electrons. The molecule has 3 aromatic carbocycles. The van der Waals surface area contributed by atoms with Crippen molar-refractivity contribution in [3.8, 4) is 5.75 Å². The number of aromatic hydroxyl groups is 1. The van der Waals surface area contributed by atoms with Gasteiger partial charge < -0.3 is 5.11 Å². The van der Waals surface area contributed by atoms with Crippen molar-refractivity contribution in [3.63, 3.8) is 0 Å². The molecule has 3 rings (SSSR count). The highest BCUT2D eigenvalue weighted by Crippen LogP contribution is 2.34. The molecule has 2 nitrogen and oxygen atoms in total. The Balaban J connectivity index is 2.60. The van der Waals surface area contributed by atoms with Crippen LogP contribution >= 0.6 is 0 Å². The highest BCUT2D eigenvalue weighted by atomic mass is 16.3. The summed E-state index contributed by atoms with van der Waals surface area (Å²) in [7, 11) is 0. The number of aryl methyl sites for hydroxylation is 2. The van der Waals surface area contributed by atoms with Gasteiger partial charge in [-0.25, -0.2) is 0 Å². The summed E-state index contributed by atoms with van der Waals surface area (Å²) in [6.45, 7) is 4.10. The molecule has 0 aromatic heterocycles. The van der Waals surface area contributed by atoms with Crippen LogP contribution in [0.2, 0.25) is 0 Å². The van der Waals surface area contributed by atoms with Gasteiger partial charge in [-0.05, 0) is 58.7 Å². The fourth-order valence-corrected chi connectivity index (χ4v) is 2.75. The van der Waals surface area contributed by atoms with Crippen LogP contribution in [0, 0.1) is 13.8 Å². The predicted molar refractivity (Wildman–Crippen MR) is 78.0 cm³/mol. The van der Waals surface area contributed by atoms with E-state index in [2.05, 4.69) is 19.1 Å². The van der Waals surface area contributed by atoms with Gasteiger partial charge in [-0.2, -0.15) is 0 Å². The Kier molecular flexibility index (Phi) is 2.53. The summed E-state index contributed by atoms with van der Waals surface area (Å²) >= 11 is 0. The third kappa shape index (κ3) is 1.60. The Hall–Kier alpha value is -2.35. The van der Waals surface area contributed by atoms with Crippen LogP contribution in [0.4, 0.5) is 0 Å². The number of fused-ring (bicyclic) bond motifs is 2. The Morgan fingerprint density at radius 2 is 1.42 bits per heavy atom. The fourth-order valence-electron chi connectivity index (χ4n) is 2.75. The van der Waals surface area contributed by atoms with E-state index in [0.29, 0.717) is 11.8 Å². The first-order valence-corrected chi connectivity index (χ1v) is 6.23. The topological polar surface area (TPSA) is 37.3 Å². The molecule has 0 aliphatic carbocycles. The van der Waals surface area contributed by atoms with Crippen LogP contribution in [-0.2, 0) is 0 Å². The Morgan fingerprint density at radius 3 is 1.95 bits per heavy atom. The zero-order valence-corrected chi connectivity index (χ0v) is 10.9. The standard InChI is InChI=1S/C17H14O2/c1-10-13-5-3-4-6-14(13)11(2)16-8-17(19)12(9-18)7-15(10)16/h3-9,19H,1-2H3. The number of carbonyl (C=O) groups is 1. The molecule has 0 aliphatic rings. The monoisotopic (exact) mass is 250 g/mol. The third-order valence-electron chi connectivity index (χ3n) is 3.84. The van der Waals surface area contributed by atoms with Crippen molar-refractivity contribution >= 4 is 27.8 Å². The van der Waals surface area contributed by atoms with Crippen LogP contribution in [0.3, 0.4) is 0 Å². The molecule has 2 heteroatoms. The van der Waals surface area contributed by atoms with Crippen LogP contribution in [0.1, 0.15) is 21.5 Å². The maximum Gasteiger partial charge on any atom is 0.153 e. The molecule has 0 bridgehead atoms. The van der Waals surface area contributed by atoms with Crippen molar-refractivity contribution < 1.29 is 9.90 Å². The van der Waals surface area contributed by atoms with Gasteiger partial charge in [0.05, 0.1) is 5.56 Å². The number of hydrogen-bond donors (Lipinski definition) is 1. The molecule has 0 amide bonds.